The third-order valence-electron chi connectivity index (χ3n) is 4.92. The number of rotatable bonds is 10. The molecule has 8 nitrogen and oxygen atoms in total. The summed E-state index contributed by atoms with van der Waals surface area (Å²) in [5, 5.41) is 0.666. The number of esters is 1. The zero-order chi connectivity index (χ0) is 24.0. The van der Waals surface area contributed by atoms with Crippen LogP contribution in [0.2, 0.25) is 0 Å². The molecule has 0 saturated carbocycles. The van der Waals surface area contributed by atoms with Gasteiger partial charge in [0.1, 0.15) is 16.7 Å². The zero-order valence-corrected chi connectivity index (χ0v) is 21.0. The van der Waals surface area contributed by atoms with Crippen molar-refractivity contribution in [1.82, 2.24) is 0 Å². The van der Waals surface area contributed by atoms with Gasteiger partial charge in [-0.1, -0.05) is 25.6 Å². The lowest BCUT2D eigenvalue weighted by Gasteiger charge is -2.20. The van der Waals surface area contributed by atoms with Crippen molar-refractivity contribution in [3.63, 3.8) is 0 Å². The molecule has 1 aromatic heterocycles. The summed E-state index contributed by atoms with van der Waals surface area (Å²) in [6, 6.07) is 9.86. The summed E-state index contributed by atoms with van der Waals surface area (Å²) < 4.78 is 28.2. The smallest absolute Gasteiger partial charge is 0.325 e. The van der Waals surface area contributed by atoms with E-state index < -0.39 is 5.97 Å². The summed E-state index contributed by atoms with van der Waals surface area (Å²) in [7, 11) is 2.98. The number of halogens is 1. The van der Waals surface area contributed by atoms with Gasteiger partial charge >= 0.3 is 5.97 Å². The Bertz CT molecular complexity index is 1180. The number of carbonyl (C=O) groups excluding carboxylic acids is 1. The largest absolute Gasteiger partial charge is 0.492 e. The van der Waals surface area contributed by atoms with Crippen molar-refractivity contribution in [3.8, 4) is 23.0 Å². The summed E-state index contributed by atoms with van der Waals surface area (Å²) in [4.78, 5) is 25.1. The number of hydrogen-bond donors (Lipinski definition) is 1. The van der Waals surface area contributed by atoms with E-state index in [0.717, 1.165) is 17.7 Å². The number of fused-ring (bicyclic) bond motifs is 1. The topological polar surface area (TPSA) is 110 Å². The van der Waals surface area contributed by atoms with Crippen molar-refractivity contribution in [2.24, 2.45) is 5.73 Å². The van der Waals surface area contributed by atoms with Crippen LogP contribution in [0.15, 0.2) is 55.6 Å². The van der Waals surface area contributed by atoms with Crippen molar-refractivity contribution in [2.45, 2.75) is 42.8 Å². The van der Waals surface area contributed by atoms with Gasteiger partial charge in [-0.05, 0) is 37.1 Å². The molecule has 0 fully saturated rings. The van der Waals surface area contributed by atoms with Gasteiger partial charge in [0.15, 0.2) is 22.0 Å². The molecule has 3 aromatic rings. The van der Waals surface area contributed by atoms with Crippen LogP contribution in [0, 0.1) is 0 Å². The Morgan fingerprint density at radius 1 is 1.06 bits per heavy atom. The van der Waals surface area contributed by atoms with E-state index in [1.807, 2.05) is 13.8 Å². The highest BCUT2D eigenvalue weighted by Crippen LogP contribution is 2.44. The van der Waals surface area contributed by atoms with Crippen LogP contribution in [0.1, 0.15) is 26.7 Å². The molecule has 2 N–H and O–H groups in total. The fourth-order valence-corrected chi connectivity index (χ4v) is 4.05. The molecule has 0 amide bonds. The van der Waals surface area contributed by atoms with E-state index in [1.165, 1.54) is 32.0 Å². The second kappa shape index (κ2) is 12.5. The molecule has 0 atom stereocenters. The van der Waals surface area contributed by atoms with E-state index in [0.29, 0.717) is 27.9 Å². The first-order valence-electron chi connectivity index (χ1n) is 10.5. The molecule has 184 valence electrons. The van der Waals surface area contributed by atoms with Gasteiger partial charge in [0.25, 0.3) is 0 Å². The summed E-state index contributed by atoms with van der Waals surface area (Å²) in [5.74, 6) is 0.938. The number of carbonyl (C=O) groups is 1. The van der Waals surface area contributed by atoms with Crippen LogP contribution >= 0.6 is 24.2 Å². The Labute approximate surface area is 208 Å². The first-order valence-corrected chi connectivity index (χ1v) is 11.3. The van der Waals surface area contributed by atoms with Crippen LogP contribution in [0.5, 0.6) is 23.0 Å². The number of methoxy groups -OCH3 is 2. The van der Waals surface area contributed by atoms with Crippen LogP contribution in [-0.2, 0) is 4.79 Å². The molecule has 0 bridgehead atoms. The SMILES string of the molecule is CCC(CC)Oc1cc2oc(Sc3ccc(OC(=O)CN)cc3)cc(=O)c2c(OC)c1OC.Cl. The molecular formula is C24H28ClNO7S. The van der Waals surface area contributed by atoms with Crippen molar-refractivity contribution >= 4 is 41.1 Å². The third-order valence-corrected chi connectivity index (χ3v) is 5.83. The van der Waals surface area contributed by atoms with Gasteiger partial charge in [0.05, 0.1) is 26.9 Å². The van der Waals surface area contributed by atoms with Crippen molar-refractivity contribution in [1.29, 1.82) is 0 Å². The van der Waals surface area contributed by atoms with Crippen molar-refractivity contribution in [2.75, 3.05) is 20.8 Å². The molecule has 0 aliphatic rings. The molecule has 0 saturated heterocycles. The summed E-state index contributed by atoms with van der Waals surface area (Å²) >= 11 is 1.26. The van der Waals surface area contributed by atoms with E-state index in [-0.39, 0.29) is 41.6 Å². The van der Waals surface area contributed by atoms with Gasteiger partial charge in [0, 0.05) is 17.0 Å². The lowest BCUT2D eigenvalue weighted by molar-refractivity contribution is -0.132. The highest BCUT2D eigenvalue weighted by atomic mass is 35.5. The molecule has 0 aliphatic heterocycles. The number of benzene rings is 2. The quantitative estimate of drug-likeness (QED) is 0.304. The average molecular weight is 510 g/mol. The van der Waals surface area contributed by atoms with E-state index in [4.69, 9.17) is 29.1 Å². The highest BCUT2D eigenvalue weighted by Gasteiger charge is 2.22. The minimum Gasteiger partial charge on any atom is -0.492 e. The summed E-state index contributed by atoms with van der Waals surface area (Å²) in [6.07, 6.45) is 1.62. The van der Waals surface area contributed by atoms with Gasteiger partial charge in [-0.2, -0.15) is 0 Å². The second-order valence-electron chi connectivity index (χ2n) is 7.05. The van der Waals surface area contributed by atoms with Gasteiger partial charge < -0.3 is 29.1 Å². The monoisotopic (exact) mass is 509 g/mol. The first kappa shape index (κ1) is 27.4. The number of ether oxygens (including phenoxy) is 4. The van der Waals surface area contributed by atoms with Gasteiger partial charge in [-0.3, -0.25) is 9.59 Å². The van der Waals surface area contributed by atoms with Crippen LogP contribution in [0.25, 0.3) is 11.0 Å². The molecular weight excluding hydrogens is 482 g/mol. The molecule has 2 aromatic carbocycles. The second-order valence-corrected chi connectivity index (χ2v) is 8.13. The Morgan fingerprint density at radius 3 is 2.26 bits per heavy atom. The molecule has 0 radical (unpaired) electrons. The Morgan fingerprint density at radius 2 is 1.71 bits per heavy atom. The molecule has 1 heterocycles. The van der Waals surface area contributed by atoms with Crippen molar-refractivity contribution in [3.05, 3.63) is 46.6 Å². The normalized spacial score (nSPS) is 10.6. The minimum absolute atomic E-state index is 0. The minimum atomic E-state index is -0.522. The zero-order valence-electron chi connectivity index (χ0n) is 19.4. The maximum absolute atomic E-state index is 13.0. The molecule has 0 aliphatic carbocycles. The lowest BCUT2D eigenvalue weighted by Crippen LogP contribution is -2.19. The standard InChI is InChI=1S/C24H27NO7S.ClH/c1-5-14(6-2)30-19-12-18-22(24(29-4)23(19)28-3)17(26)11-21(32-18)33-16-9-7-15(8-10-16)31-20(27)13-25;/h7-12,14H,5-6,13,25H2,1-4H3;1H. The molecule has 0 unspecified atom stereocenters. The van der Waals surface area contributed by atoms with E-state index in [2.05, 4.69) is 0 Å². The van der Waals surface area contributed by atoms with Crippen LogP contribution in [-0.4, -0.2) is 32.8 Å². The lowest BCUT2D eigenvalue weighted by atomic mass is 10.1. The highest BCUT2D eigenvalue weighted by molar-refractivity contribution is 7.99. The van der Waals surface area contributed by atoms with Crippen molar-refractivity contribution < 1.29 is 28.2 Å². The summed E-state index contributed by atoms with van der Waals surface area (Å²) in [6.45, 7) is 3.88. The number of hydrogen-bond acceptors (Lipinski definition) is 9. The molecule has 10 heteroatoms. The maximum atomic E-state index is 13.0. The average Bonchev–Trinajstić information content (AvgIpc) is 2.82. The molecule has 34 heavy (non-hydrogen) atoms. The Hall–Kier alpha value is -2.88. The number of nitrogens with two attached hydrogens (primary N) is 1. The maximum Gasteiger partial charge on any atom is 0.325 e. The van der Waals surface area contributed by atoms with E-state index in [9.17, 15) is 9.59 Å². The Kier molecular flexibility index (Phi) is 10.1. The van der Waals surface area contributed by atoms with Crippen LogP contribution < -0.4 is 30.1 Å². The predicted octanol–water partition coefficient (Wildman–Crippen LogP) is 4.81. The fraction of sp³-hybridized carbons (Fsp3) is 0.333. The van der Waals surface area contributed by atoms with Gasteiger partial charge in [-0.15, -0.1) is 12.4 Å². The fourth-order valence-electron chi connectivity index (χ4n) is 3.25. The van der Waals surface area contributed by atoms with E-state index >= 15 is 0 Å². The Balaban J connectivity index is 0.00000408. The van der Waals surface area contributed by atoms with Crippen LogP contribution in [0.4, 0.5) is 0 Å². The predicted molar refractivity (Wildman–Crippen MR) is 133 cm³/mol. The first-order chi connectivity index (χ1) is 15.9. The van der Waals surface area contributed by atoms with Gasteiger partial charge in [-0.25, -0.2) is 0 Å². The molecule has 0 spiro atoms. The summed E-state index contributed by atoms with van der Waals surface area (Å²) in [5.41, 5.74) is 5.32. The van der Waals surface area contributed by atoms with Gasteiger partial charge in [0.2, 0.25) is 5.75 Å². The van der Waals surface area contributed by atoms with E-state index in [1.54, 1.807) is 30.3 Å². The molecule has 3 rings (SSSR count). The third kappa shape index (κ3) is 6.16. The van der Waals surface area contributed by atoms with Crippen LogP contribution in [0.3, 0.4) is 0 Å².